The van der Waals surface area contributed by atoms with Crippen molar-refractivity contribution in [1.29, 1.82) is 0 Å². The Morgan fingerprint density at radius 2 is 1.52 bits per heavy atom. The number of aliphatic hydroxyl groups is 1. The lowest BCUT2D eigenvalue weighted by molar-refractivity contribution is -0.166. The van der Waals surface area contributed by atoms with E-state index in [4.69, 9.17) is 10.2 Å². The van der Waals surface area contributed by atoms with E-state index < -0.39 is 47.2 Å². The van der Waals surface area contributed by atoms with Gasteiger partial charge in [-0.25, -0.2) is 19.2 Å². The molecule has 0 spiro atoms. The molecule has 2 aromatic rings. The molecule has 0 aliphatic heterocycles. The Balaban J connectivity index is 2.54. The van der Waals surface area contributed by atoms with Crippen molar-refractivity contribution in [1.82, 2.24) is 0 Å². The molecule has 9 heteroatoms. The van der Waals surface area contributed by atoms with Gasteiger partial charge in [0.05, 0.1) is 11.1 Å². The van der Waals surface area contributed by atoms with Gasteiger partial charge in [0.25, 0.3) is 0 Å². The summed E-state index contributed by atoms with van der Waals surface area (Å²) in [4.78, 5) is 45.6. The quantitative estimate of drug-likeness (QED) is 0.548. The molecule has 130 valence electrons. The normalized spacial score (nSPS) is 13.0. The lowest BCUT2D eigenvalue weighted by Crippen LogP contribution is -2.43. The number of carboxylic acid groups (broad SMARTS) is 3. The van der Waals surface area contributed by atoms with Crippen molar-refractivity contribution in [3.8, 4) is 0 Å². The largest absolute Gasteiger partial charge is 0.479 e. The maximum Gasteiger partial charge on any atom is 0.348 e. The van der Waals surface area contributed by atoms with Crippen molar-refractivity contribution >= 4 is 34.6 Å². The number of benzene rings is 2. The second-order valence-electron chi connectivity index (χ2n) is 4.96. The Bertz CT molecular complexity index is 871. The number of carbonyl (C=O) groups is 4. The first-order valence-corrected chi connectivity index (χ1v) is 6.83. The van der Waals surface area contributed by atoms with Crippen LogP contribution in [-0.4, -0.2) is 56.5 Å². The van der Waals surface area contributed by atoms with Crippen molar-refractivity contribution in [3.05, 3.63) is 47.5 Å². The molecule has 0 heterocycles. The lowest BCUT2D eigenvalue weighted by atomic mass is 9.99. The van der Waals surface area contributed by atoms with E-state index >= 15 is 0 Å². The molecule has 0 saturated heterocycles. The van der Waals surface area contributed by atoms with Crippen LogP contribution in [0.4, 0.5) is 0 Å². The highest BCUT2D eigenvalue weighted by Crippen LogP contribution is 2.24. The van der Waals surface area contributed by atoms with Crippen LogP contribution < -0.4 is 0 Å². The second kappa shape index (κ2) is 6.97. The standard InChI is InChI=1S/C16H12O9/c17-11(14(20)21)12(15(22)23)25-16(24)10-8-4-2-1-3-7(8)5-6-9(10)13(18)19/h1-6,11-12,17H,(H,18,19)(H,20,21)(H,22,23). The average Bonchev–Trinajstić information content (AvgIpc) is 2.57. The maximum absolute atomic E-state index is 12.4. The van der Waals surface area contributed by atoms with Crippen molar-refractivity contribution in [2.75, 3.05) is 0 Å². The van der Waals surface area contributed by atoms with E-state index in [1.165, 1.54) is 18.2 Å². The summed E-state index contributed by atoms with van der Waals surface area (Å²) >= 11 is 0. The van der Waals surface area contributed by atoms with Crippen molar-refractivity contribution in [3.63, 3.8) is 0 Å². The molecular weight excluding hydrogens is 336 g/mol. The maximum atomic E-state index is 12.4. The zero-order valence-corrected chi connectivity index (χ0v) is 12.4. The number of fused-ring (bicyclic) bond motifs is 1. The van der Waals surface area contributed by atoms with Crippen LogP contribution in [0.15, 0.2) is 36.4 Å². The highest BCUT2D eigenvalue weighted by Gasteiger charge is 2.37. The number of esters is 1. The first-order chi connectivity index (χ1) is 11.7. The first-order valence-electron chi connectivity index (χ1n) is 6.83. The van der Waals surface area contributed by atoms with Gasteiger partial charge in [0.1, 0.15) is 0 Å². The van der Waals surface area contributed by atoms with Gasteiger partial charge in [-0.05, 0) is 16.8 Å². The Morgan fingerprint density at radius 1 is 0.880 bits per heavy atom. The van der Waals surface area contributed by atoms with E-state index in [0.29, 0.717) is 5.39 Å². The molecule has 2 aromatic carbocycles. The highest BCUT2D eigenvalue weighted by atomic mass is 16.6. The van der Waals surface area contributed by atoms with Gasteiger partial charge in [0.15, 0.2) is 6.10 Å². The summed E-state index contributed by atoms with van der Waals surface area (Å²) < 4.78 is 4.59. The van der Waals surface area contributed by atoms with Crippen LogP contribution in [0.1, 0.15) is 20.7 Å². The van der Waals surface area contributed by atoms with E-state index in [1.54, 1.807) is 12.1 Å². The second-order valence-corrected chi connectivity index (χ2v) is 4.96. The van der Waals surface area contributed by atoms with Gasteiger partial charge in [0, 0.05) is 0 Å². The fraction of sp³-hybridized carbons (Fsp3) is 0.125. The highest BCUT2D eigenvalue weighted by molar-refractivity contribution is 6.12. The number of carbonyl (C=O) groups excluding carboxylic acids is 1. The van der Waals surface area contributed by atoms with Gasteiger partial charge in [-0.3, -0.25) is 0 Å². The van der Waals surface area contributed by atoms with E-state index in [9.17, 15) is 29.4 Å². The predicted octanol–water partition coefficient (Wildman–Crippen LogP) is 0.594. The molecule has 0 aromatic heterocycles. The van der Waals surface area contributed by atoms with E-state index in [-0.39, 0.29) is 5.39 Å². The number of ether oxygens (including phenoxy) is 1. The summed E-state index contributed by atoms with van der Waals surface area (Å²) in [6.07, 6.45) is -4.91. The molecular formula is C16H12O9. The van der Waals surface area contributed by atoms with Crippen LogP contribution in [0.3, 0.4) is 0 Å². The van der Waals surface area contributed by atoms with Crippen LogP contribution in [0.25, 0.3) is 10.8 Å². The van der Waals surface area contributed by atoms with Gasteiger partial charge in [-0.15, -0.1) is 0 Å². The van der Waals surface area contributed by atoms with Crippen LogP contribution in [0.5, 0.6) is 0 Å². The number of hydrogen-bond donors (Lipinski definition) is 4. The Labute approximate surface area is 139 Å². The molecule has 2 unspecified atom stereocenters. The minimum absolute atomic E-state index is 0.182. The van der Waals surface area contributed by atoms with Crippen molar-refractivity contribution in [2.24, 2.45) is 0 Å². The first kappa shape index (κ1) is 17.9. The Kier molecular flexibility index (Phi) is 4.99. The van der Waals surface area contributed by atoms with E-state index in [1.807, 2.05) is 0 Å². The molecule has 0 bridgehead atoms. The van der Waals surface area contributed by atoms with Gasteiger partial charge < -0.3 is 25.2 Å². The van der Waals surface area contributed by atoms with Crippen molar-refractivity contribution < 1.29 is 44.3 Å². The monoisotopic (exact) mass is 348 g/mol. The zero-order chi connectivity index (χ0) is 18.7. The third-order valence-corrected chi connectivity index (χ3v) is 3.38. The van der Waals surface area contributed by atoms with Crippen LogP contribution in [-0.2, 0) is 14.3 Å². The number of hydrogen-bond acceptors (Lipinski definition) is 6. The molecule has 9 nitrogen and oxygen atoms in total. The topological polar surface area (TPSA) is 158 Å². The minimum atomic E-state index is -2.51. The fourth-order valence-corrected chi connectivity index (χ4v) is 2.22. The van der Waals surface area contributed by atoms with Crippen LogP contribution in [0.2, 0.25) is 0 Å². The molecule has 4 N–H and O–H groups in total. The van der Waals surface area contributed by atoms with Gasteiger partial charge in [0.2, 0.25) is 6.10 Å². The molecule has 0 radical (unpaired) electrons. The SMILES string of the molecule is O=C(O)c1ccc2ccccc2c1C(=O)OC(C(=O)O)C(O)C(=O)O. The lowest BCUT2D eigenvalue weighted by Gasteiger charge is -2.17. The van der Waals surface area contributed by atoms with Crippen LogP contribution in [0, 0.1) is 0 Å². The van der Waals surface area contributed by atoms with Crippen LogP contribution >= 0.6 is 0 Å². The Morgan fingerprint density at radius 3 is 2.08 bits per heavy atom. The third kappa shape index (κ3) is 3.56. The minimum Gasteiger partial charge on any atom is -0.479 e. The summed E-state index contributed by atoms with van der Waals surface area (Å²) in [5.41, 5.74) is -0.882. The van der Waals surface area contributed by atoms with E-state index in [2.05, 4.69) is 4.74 Å². The van der Waals surface area contributed by atoms with Gasteiger partial charge in [-0.1, -0.05) is 30.3 Å². The smallest absolute Gasteiger partial charge is 0.348 e. The summed E-state index contributed by atoms with van der Waals surface area (Å²) in [5.74, 6) is -6.62. The number of aliphatic hydroxyl groups excluding tert-OH is 1. The Hall–Kier alpha value is -3.46. The molecule has 0 aliphatic rings. The molecule has 25 heavy (non-hydrogen) atoms. The summed E-state index contributed by atoms with van der Waals surface area (Å²) in [5, 5.41) is 37.0. The fourth-order valence-electron chi connectivity index (χ4n) is 2.22. The molecule has 0 aliphatic carbocycles. The zero-order valence-electron chi connectivity index (χ0n) is 12.4. The molecule has 0 saturated carbocycles. The molecule has 0 amide bonds. The van der Waals surface area contributed by atoms with Gasteiger partial charge in [-0.2, -0.15) is 0 Å². The third-order valence-electron chi connectivity index (χ3n) is 3.38. The van der Waals surface area contributed by atoms with Crippen molar-refractivity contribution in [2.45, 2.75) is 12.2 Å². The summed E-state index contributed by atoms with van der Waals surface area (Å²) in [6, 6.07) is 8.80. The molecule has 2 atom stereocenters. The predicted molar refractivity (Wildman–Crippen MR) is 81.4 cm³/mol. The summed E-state index contributed by atoms with van der Waals surface area (Å²) in [6.45, 7) is 0. The van der Waals surface area contributed by atoms with Gasteiger partial charge >= 0.3 is 23.9 Å². The molecule has 2 rings (SSSR count). The number of aliphatic carboxylic acids is 2. The number of rotatable bonds is 6. The molecule has 0 fully saturated rings. The number of carboxylic acids is 3. The number of aromatic carboxylic acids is 1. The van der Waals surface area contributed by atoms with E-state index in [0.717, 1.165) is 6.07 Å². The average molecular weight is 348 g/mol. The summed E-state index contributed by atoms with van der Waals surface area (Å²) in [7, 11) is 0.